The first-order chi connectivity index (χ1) is 13.6. The average molecular weight is 378 g/mol. The molecular weight excluding hydrogens is 352 g/mol. The van der Waals surface area contributed by atoms with E-state index in [0.29, 0.717) is 18.7 Å². The number of aryl methyl sites for hydroxylation is 1. The zero-order valence-electron chi connectivity index (χ0n) is 16.2. The highest BCUT2D eigenvalue weighted by Crippen LogP contribution is 2.38. The number of nitrogens with one attached hydrogen (secondary N) is 1. The third-order valence-corrected chi connectivity index (χ3v) is 5.65. The Balaban J connectivity index is 1.45. The van der Waals surface area contributed by atoms with Crippen LogP contribution >= 0.6 is 0 Å². The van der Waals surface area contributed by atoms with Gasteiger partial charge in [0.15, 0.2) is 0 Å². The second kappa shape index (κ2) is 8.05. The quantitative estimate of drug-likeness (QED) is 0.830. The molecular formula is C23H26N2O3. The van der Waals surface area contributed by atoms with Gasteiger partial charge in [-0.25, -0.2) is 0 Å². The van der Waals surface area contributed by atoms with Crippen LogP contribution in [0.1, 0.15) is 49.2 Å². The van der Waals surface area contributed by atoms with Gasteiger partial charge < -0.3 is 14.6 Å². The molecule has 146 valence electrons. The highest BCUT2D eigenvalue weighted by atomic mass is 16.3. The zero-order valence-corrected chi connectivity index (χ0v) is 16.2. The lowest BCUT2D eigenvalue weighted by Crippen LogP contribution is -2.36. The lowest BCUT2D eigenvalue weighted by Gasteiger charge is -2.30. The van der Waals surface area contributed by atoms with Crippen LogP contribution < -0.4 is 5.32 Å². The Kier molecular flexibility index (Phi) is 5.33. The Morgan fingerprint density at radius 1 is 1.18 bits per heavy atom. The number of nitrogens with zero attached hydrogens (tertiary/aromatic N) is 1. The SMILES string of the molecule is Cc1ccc(CNC(=O)CC2=C3CCCCC3N(Cc3ccccc3)C2=O)o1. The molecule has 1 fully saturated rings. The molecule has 2 heterocycles. The molecule has 1 aromatic heterocycles. The number of fused-ring (bicyclic) bond motifs is 1. The van der Waals surface area contributed by atoms with E-state index in [2.05, 4.69) is 5.32 Å². The predicted octanol–water partition coefficient (Wildman–Crippen LogP) is 3.88. The van der Waals surface area contributed by atoms with Crippen LogP contribution in [0.3, 0.4) is 0 Å². The summed E-state index contributed by atoms with van der Waals surface area (Å²) in [6.07, 6.45) is 4.28. The summed E-state index contributed by atoms with van der Waals surface area (Å²) in [4.78, 5) is 27.6. The number of rotatable bonds is 6. The number of carbonyl (C=O) groups is 2. The molecule has 1 aliphatic carbocycles. The summed E-state index contributed by atoms with van der Waals surface area (Å²) in [5, 5.41) is 2.88. The van der Waals surface area contributed by atoms with Crippen LogP contribution in [0.2, 0.25) is 0 Å². The third kappa shape index (κ3) is 3.88. The molecule has 0 saturated heterocycles. The van der Waals surface area contributed by atoms with Crippen molar-refractivity contribution in [3.63, 3.8) is 0 Å². The van der Waals surface area contributed by atoms with Crippen LogP contribution in [0, 0.1) is 6.92 Å². The molecule has 2 amide bonds. The van der Waals surface area contributed by atoms with E-state index in [4.69, 9.17) is 4.42 Å². The molecule has 2 aliphatic rings. The van der Waals surface area contributed by atoms with Gasteiger partial charge in [0.25, 0.3) is 5.91 Å². The summed E-state index contributed by atoms with van der Waals surface area (Å²) in [5.74, 6) is 1.44. The minimum atomic E-state index is -0.129. The zero-order chi connectivity index (χ0) is 19.5. The Morgan fingerprint density at radius 3 is 2.75 bits per heavy atom. The van der Waals surface area contributed by atoms with Gasteiger partial charge in [0, 0.05) is 12.1 Å². The van der Waals surface area contributed by atoms with Crippen molar-refractivity contribution in [3.05, 3.63) is 70.7 Å². The van der Waals surface area contributed by atoms with E-state index < -0.39 is 0 Å². The van der Waals surface area contributed by atoms with Crippen LogP contribution in [-0.2, 0) is 22.7 Å². The standard InChI is InChI=1S/C23H26N2O3/c1-16-11-12-18(28-16)14-24-22(26)13-20-19-9-5-6-10-21(19)25(23(20)27)15-17-7-3-2-4-8-17/h2-4,7-8,11-12,21H,5-6,9-10,13-15H2,1H3,(H,24,26). The van der Waals surface area contributed by atoms with Gasteiger partial charge in [-0.2, -0.15) is 0 Å². The van der Waals surface area contributed by atoms with Crippen LogP contribution in [0.15, 0.2) is 58.0 Å². The summed E-state index contributed by atoms with van der Waals surface area (Å²) in [5.41, 5.74) is 3.00. The van der Waals surface area contributed by atoms with E-state index in [9.17, 15) is 9.59 Å². The number of amides is 2. The van der Waals surface area contributed by atoms with E-state index in [-0.39, 0.29) is 24.3 Å². The highest BCUT2D eigenvalue weighted by molar-refractivity contribution is 6.02. The fourth-order valence-electron chi connectivity index (χ4n) is 4.28. The number of hydrogen-bond donors (Lipinski definition) is 1. The average Bonchev–Trinajstić information content (AvgIpc) is 3.24. The Hall–Kier alpha value is -2.82. The number of benzene rings is 1. The first-order valence-electron chi connectivity index (χ1n) is 10.0. The van der Waals surface area contributed by atoms with Gasteiger partial charge >= 0.3 is 0 Å². The summed E-state index contributed by atoms with van der Waals surface area (Å²) in [6, 6.07) is 14.0. The summed E-state index contributed by atoms with van der Waals surface area (Å²) in [7, 11) is 0. The van der Waals surface area contributed by atoms with Crippen molar-refractivity contribution in [2.24, 2.45) is 0 Å². The van der Waals surface area contributed by atoms with Gasteiger partial charge in [0.05, 0.1) is 19.0 Å². The minimum absolute atomic E-state index is 0.0229. The van der Waals surface area contributed by atoms with Crippen molar-refractivity contribution >= 4 is 11.8 Å². The molecule has 1 aromatic carbocycles. The van der Waals surface area contributed by atoms with Crippen LogP contribution in [0.5, 0.6) is 0 Å². The highest BCUT2D eigenvalue weighted by Gasteiger charge is 2.40. The van der Waals surface area contributed by atoms with E-state index in [1.165, 1.54) is 5.57 Å². The normalized spacial score (nSPS) is 19.1. The molecule has 5 heteroatoms. The van der Waals surface area contributed by atoms with Crippen LogP contribution in [0.4, 0.5) is 0 Å². The molecule has 1 atom stereocenters. The van der Waals surface area contributed by atoms with Crippen molar-refractivity contribution < 1.29 is 14.0 Å². The number of furan rings is 1. The molecule has 0 spiro atoms. The molecule has 2 aromatic rings. The Bertz CT molecular complexity index is 898. The molecule has 0 bridgehead atoms. The molecule has 1 aliphatic heterocycles. The van der Waals surface area contributed by atoms with E-state index >= 15 is 0 Å². The molecule has 4 rings (SSSR count). The van der Waals surface area contributed by atoms with Gasteiger partial charge in [-0.3, -0.25) is 9.59 Å². The van der Waals surface area contributed by atoms with Crippen molar-refractivity contribution in [1.82, 2.24) is 10.2 Å². The summed E-state index contributed by atoms with van der Waals surface area (Å²) >= 11 is 0. The monoisotopic (exact) mass is 378 g/mol. The maximum absolute atomic E-state index is 13.2. The number of carbonyl (C=O) groups excluding carboxylic acids is 2. The maximum atomic E-state index is 13.2. The molecule has 1 saturated carbocycles. The van der Waals surface area contributed by atoms with Crippen molar-refractivity contribution in [2.45, 2.75) is 58.2 Å². The van der Waals surface area contributed by atoms with Gasteiger partial charge in [-0.05, 0) is 49.5 Å². The minimum Gasteiger partial charge on any atom is -0.465 e. The summed E-state index contributed by atoms with van der Waals surface area (Å²) < 4.78 is 5.49. The third-order valence-electron chi connectivity index (χ3n) is 5.65. The molecule has 1 N–H and O–H groups in total. The van der Waals surface area contributed by atoms with E-state index in [0.717, 1.165) is 42.8 Å². The fourth-order valence-corrected chi connectivity index (χ4v) is 4.28. The molecule has 1 unspecified atom stereocenters. The second-order valence-corrected chi connectivity index (χ2v) is 7.65. The summed E-state index contributed by atoms with van der Waals surface area (Å²) in [6.45, 7) is 2.82. The van der Waals surface area contributed by atoms with Gasteiger partial charge in [0.1, 0.15) is 11.5 Å². The van der Waals surface area contributed by atoms with Gasteiger partial charge in [-0.15, -0.1) is 0 Å². The van der Waals surface area contributed by atoms with Crippen LogP contribution in [0.25, 0.3) is 0 Å². The fraction of sp³-hybridized carbons (Fsp3) is 0.391. The Morgan fingerprint density at radius 2 is 2.00 bits per heavy atom. The number of hydrogen-bond acceptors (Lipinski definition) is 3. The van der Waals surface area contributed by atoms with Crippen LogP contribution in [-0.4, -0.2) is 22.8 Å². The first kappa shape index (κ1) is 18.5. The maximum Gasteiger partial charge on any atom is 0.251 e. The van der Waals surface area contributed by atoms with E-state index in [1.807, 2.05) is 54.3 Å². The predicted molar refractivity (Wildman–Crippen MR) is 106 cm³/mol. The first-order valence-corrected chi connectivity index (χ1v) is 10.0. The van der Waals surface area contributed by atoms with Crippen molar-refractivity contribution in [1.29, 1.82) is 0 Å². The van der Waals surface area contributed by atoms with Gasteiger partial charge in [0.2, 0.25) is 5.91 Å². The lowest BCUT2D eigenvalue weighted by atomic mass is 9.88. The second-order valence-electron chi connectivity index (χ2n) is 7.65. The largest absolute Gasteiger partial charge is 0.465 e. The molecule has 0 radical (unpaired) electrons. The van der Waals surface area contributed by atoms with Gasteiger partial charge in [-0.1, -0.05) is 36.8 Å². The topological polar surface area (TPSA) is 62.6 Å². The molecule has 28 heavy (non-hydrogen) atoms. The lowest BCUT2D eigenvalue weighted by molar-refractivity contribution is -0.129. The smallest absolute Gasteiger partial charge is 0.251 e. The van der Waals surface area contributed by atoms with Crippen molar-refractivity contribution in [3.8, 4) is 0 Å². The van der Waals surface area contributed by atoms with E-state index in [1.54, 1.807) is 0 Å². The molecule has 5 nitrogen and oxygen atoms in total. The Labute approximate surface area is 165 Å². The van der Waals surface area contributed by atoms with Crippen molar-refractivity contribution in [2.75, 3.05) is 0 Å².